The monoisotopic (exact) mass is 158 g/mol. The van der Waals surface area contributed by atoms with E-state index in [9.17, 15) is 0 Å². The van der Waals surface area contributed by atoms with E-state index in [-0.39, 0.29) is 0 Å². The topological polar surface area (TPSA) is 9.23 Å². The summed E-state index contributed by atoms with van der Waals surface area (Å²) in [4.78, 5) is 0. The summed E-state index contributed by atoms with van der Waals surface area (Å²) in [5, 5.41) is 0. The fourth-order valence-corrected chi connectivity index (χ4v) is 2.36. The fourth-order valence-electron chi connectivity index (χ4n) is 0.0873. The van der Waals surface area contributed by atoms with E-state index in [1.54, 1.807) is 0 Å². The molecular formula is CH6OS3Si. The Morgan fingerprint density at radius 2 is 2.50 bits per heavy atom. The van der Waals surface area contributed by atoms with Gasteiger partial charge in [-0.3, -0.25) is 0 Å². The third-order valence-electron chi connectivity index (χ3n) is 0.189. The minimum absolute atomic E-state index is 0.329. The van der Waals surface area contributed by atoms with Crippen molar-refractivity contribution in [1.82, 2.24) is 0 Å². The van der Waals surface area contributed by atoms with Crippen molar-refractivity contribution < 1.29 is 3.87 Å². The van der Waals surface area contributed by atoms with Crippen molar-refractivity contribution in [1.29, 1.82) is 0 Å². The molecule has 38 valence electrons. The first-order valence-electron chi connectivity index (χ1n) is 1.29. The van der Waals surface area contributed by atoms with Gasteiger partial charge in [0.2, 0.25) is 0 Å². The number of hydrogen-bond donors (Lipinski definition) is 1. The van der Waals surface area contributed by atoms with Crippen molar-refractivity contribution in [2.45, 2.75) is 0 Å². The summed E-state index contributed by atoms with van der Waals surface area (Å²) in [6.45, 7) is 0. The van der Waals surface area contributed by atoms with E-state index in [1.165, 1.54) is 0 Å². The Balaban J connectivity index is 2.83. The molecule has 0 atom stereocenters. The molecule has 0 unspecified atom stereocenters. The molecule has 0 radical (unpaired) electrons. The summed E-state index contributed by atoms with van der Waals surface area (Å²) in [5.74, 6) is 0. The minimum Gasteiger partial charge on any atom is -0.388 e. The van der Waals surface area contributed by atoms with E-state index in [1.807, 2.05) is 0 Å². The van der Waals surface area contributed by atoms with Crippen LogP contribution in [-0.4, -0.2) is 14.0 Å². The highest BCUT2D eigenvalue weighted by atomic mass is 32.2. The molecule has 0 aromatic carbocycles. The molecule has 0 saturated heterocycles. The summed E-state index contributed by atoms with van der Waals surface area (Å²) < 4.78 is 5.41. The molecule has 0 heterocycles. The predicted molar refractivity (Wildman–Crippen MR) is 43.0 cm³/mol. The largest absolute Gasteiger partial charge is 0.388 e. The predicted octanol–water partition coefficient (Wildman–Crippen LogP) is -0.389. The zero-order valence-electron chi connectivity index (χ0n) is 3.26. The normalized spacial score (nSPS) is 12.2. The average Bonchev–Trinajstić information content (AvgIpc) is 1.35. The standard InChI is InChI=1S/CH6OS3Si/c3-1(4)5-2-6/h5H2,6H3,(H,3,4). The summed E-state index contributed by atoms with van der Waals surface area (Å²) in [7, 11) is 0.763. The zero-order chi connectivity index (χ0) is 4.99. The maximum Gasteiger partial charge on any atom is 0.162 e. The first-order valence-corrected chi connectivity index (χ1v) is 3.87. The lowest BCUT2D eigenvalue weighted by Gasteiger charge is -1.92. The summed E-state index contributed by atoms with van der Waals surface area (Å²) in [6, 6.07) is 0. The average molecular weight is 158 g/mol. The van der Waals surface area contributed by atoms with Crippen LogP contribution < -0.4 is 0 Å². The number of thiol groups is 1. The Labute approximate surface area is 55.0 Å². The van der Waals surface area contributed by atoms with Gasteiger partial charge in [0.15, 0.2) is 10.5 Å². The molecule has 0 aliphatic rings. The van der Waals surface area contributed by atoms with Gasteiger partial charge in [0.25, 0.3) is 0 Å². The van der Waals surface area contributed by atoms with Gasteiger partial charge < -0.3 is 3.87 Å². The third kappa shape index (κ3) is 4.97. The van der Waals surface area contributed by atoms with E-state index < -0.39 is 0 Å². The summed E-state index contributed by atoms with van der Waals surface area (Å²) in [6.07, 6.45) is 0. The van der Waals surface area contributed by atoms with Crippen LogP contribution in [0.3, 0.4) is 0 Å². The van der Waals surface area contributed by atoms with Crippen LogP contribution in [0.4, 0.5) is 0 Å². The van der Waals surface area contributed by atoms with Crippen LogP contribution in [0.1, 0.15) is 0 Å². The zero-order valence-corrected chi connectivity index (χ0v) is 7.97. The van der Waals surface area contributed by atoms with E-state index in [0.717, 1.165) is 10.5 Å². The van der Waals surface area contributed by atoms with Gasteiger partial charge in [0.1, 0.15) is 0 Å². The molecule has 0 saturated carbocycles. The molecule has 0 aromatic heterocycles. The van der Waals surface area contributed by atoms with E-state index in [0.29, 0.717) is 15.6 Å². The molecule has 5 heteroatoms. The van der Waals surface area contributed by atoms with Gasteiger partial charge in [-0.2, -0.15) is 0 Å². The smallest absolute Gasteiger partial charge is 0.162 e. The van der Waals surface area contributed by atoms with Crippen molar-refractivity contribution in [3.05, 3.63) is 0 Å². The van der Waals surface area contributed by atoms with Crippen molar-refractivity contribution >= 4 is 50.9 Å². The quantitative estimate of drug-likeness (QED) is 0.316. The van der Waals surface area contributed by atoms with E-state index in [4.69, 9.17) is 3.87 Å². The molecule has 0 fully saturated rings. The highest BCUT2D eigenvalue weighted by Gasteiger charge is 1.74. The Bertz CT molecular complexity index is 54.8. The summed E-state index contributed by atoms with van der Waals surface area (Å²) >= 11 is 8.72. The highest BCUT2D eigenvalue weighted by molar-refractivity contribution is 8.40. The van der Waals surface area contributed by atoms with Crippen LogP contribution in [0.25, 0.3) is 0 Å². The molecule has 1 nitrogen and oxygen atoms in total. The lowest BCUT2D eigenvalue weighted by atomic mass is 11.9. The molecule has 6 heavy (non-hydrogen) atoms. The number of hydrogen-bond acceptors (Lipinski definition) is 2. The molecule has 0 spiro atoms. The van der Waals surface area contributed by atoms with Gasteiger partial charge in [0, 0.05) is 0 Å². The second-order valence-electron chi connectivity index (χ2n) is 0.611. The van der Waals surface area contributed by atoms with Crippen LogP contribution in [0, 0.1) is 0 Å². The molecule has 0 aliphatic heterocycles. The second-order valence-corrected chi connectivity index (χ2v) is 4.89. The van der Waals surface area contributed by atoms with Crippen LogP contribution in [-0.2, 0) is 3.87 Å². The molecule has 0 rings (SSSR count). The molecular weight excluding hydrogens is 152 g/mol. The van der Waals surface area contributed by atoms with Gasteiger partial charge in [0.05, 0.1) is 3.53 Å². The van der Waals surface area contributed by atoms with Crippen molar-refractivity contribution in [2.24, 2.45) is 0 Å². The van der Waals surface area contributed by atoms with Crippen LogP contribution in [0.15, 0.2) is 0 Å². The lowest BCUT2D eigenvalue weighted by molar-refractivity contribution is 0.735. The van der Waals surface area contributed by atoms with Gasteiger partial charge >= 0.3 is 0 Å². The molecule has 0 N–H and O–H groups in total. The van der Waals surface area contributed by atoms with Gasteiger partial charge in [-0.15, -0.1) is 24.7 Å². The second kappa shape index (κ2) is 4.13. The van der Waals surface area contributed by atoms with Crippen LogP contribution in [0.5, 0.6) is 0 Å². The fraction of sp³-hybridized carbons (Fsp3) is 0. The summed E-state index contributed by atoms with van der Waals surface area (Å²) in [5.41, 5.74) is 0. The SMILES string of the molecule is [SiH3]O[SH2]C(=S)S. The van der Waals surface area contributed by atoms with E-state index in [2.05, 4.69) is 24.8 Å². The Hall–Kier alpha value is 0.967. The van der Waals surface area contributed by atoms with Crippen LogP contribution in [0.2, 0.25) is 0 Å². The Morgan fingerprint density at radius 1 is 2.00 bits per heavy atom. The maximum atomic E-state index is 4.75. The first kappa shape index (κ1) is 6.97. The highest BCUT2D eigenvalue weighted by Crippen LogP contribution is 2.04. The third-order valence-corrected chi connectivity index (χ3v) is 1.70. The molecule has 0 amide bonds. The van der Waals surface area contributed by atoms with Gasteiger partial charge in [-0.25, -0.2) is 0 Å². The van der Waals surface area contributed by atoms with Crippen LogP contribution >= 0.6 is 36.9 Å². The molecule has 0 aliphatic carbocycles. The molecule has 0 aromatic rings. The minimum atomic E-state index is 0.329. The lowest BCUT2D eigenvalue weighted by Crippen LogP contribution is -1.71. The maximum absolute atomic E-state index is 4.75. The van der Waals surface area contributed by atoms with Crippen molar-refractivity contribution in [3.8, 4) is 0 Å². The van der Waals surface area contributed by atoms with Gasteiger partial charge in [-0.05, 0) is 0 Å². The van der Waals surface area contributed by atoms with Crippen molar-refractivity contribution in [2.75, 3.05) is 0 Å². The van der Waals surface area contributed by atoms with Crippen molar-refractivity contribution in [3.63, 3.8) is 0 Å². The van der Waals surface area contributed by atoms with Gasteiger partial charge in [-0.1, -0.05) is 12.2 Å². The Kier molecular flexibility index (Phi) is 4.80. The Morgan fingerprint density at radius 3 is 2.50 bits per heavy atom. The van der Waals surface area contributed by atoms with E-state index >= 15 is 0 Å². The molecule has 0 bridgehead atoms. The number of rotatable bonds is 1. The number of thiocarbonyl (C=S) groups is 1. The first-order chi connectivity index (χ1) is 2.77.